The van der Waals surface area contributed by atoms with Gasteiger partial charge in [-0.1, -0.05) is 6.07 Å². The SMILES string of the molecule is Fc1cccc(OCC2CCCCO2)n1. The van der Waals surface area contributed by atoms with Crippen LogP contribution in [0.25, 0.3) is 0 Å². The molecule has 82 valence electrons. The summed E-state index contributed by atoms with van der Waals surface area (Å²) >= 11 is 0. The smallest absolute Gasteiger partial charge is 0.216 e. The Balaban J connectivity index is 1.81. The van der Waals surface area contributed by atoms with Gasteiger partial charge < -0.3 is 9.47 Å². The molecule has 0 amide bonds. The molecule has 1 aliphatic heterocycles. The van der Waals surface area contributed by atoms with Gasteiger partial charge in [-0.25, -0.2) is 0 Å². The van der Waals surface area contributed by atoms with Crippen LogP contribution in [0.15, 0.2) is 18.2 Å². The molecule has 1 unspecified atom stereocenters. The predicted molar refractivity (Wildman–Crippen MR) is 53.3 cm³/mol. The molecule has 0 bridgehead atoms. The lowest BCUT2D eigenvalue weighted by Crippen LogP contribution is -2.26. The van der Waals surface area contributed by atoms with Crippen LogP contribution in [-0.4, -0.2) is 24.3 Å². The van der Waals surface area contributed by atoms with Crippen molar-refractivity contribution in [1.29, 1.82) is 0 Å². The standard InChI is InChI=1S/C11H14FNO2/c12-10-5-3-6-11(13-10)15-8-9-4-1-2-7-14-9/h3,5-6,9H,1-2,4,7-8H2. The van der Waals surface area contributed by atoms with Crippen molar-refractivity contribution in [2.45, 2.75) is 25.4 Å². The number of halogens is 1. The average Bonchev–Trinajstić information content (AvgIpc) is 2.28. The van der Waals surface area contributed by atoms with Crippen LogP contribution in [0.2, 0.25) is 0 Å². The fraction of sp³-hybridized carbons (Fsp3) is 0.545. The molecular formula is C11H14FNO2. The average molecular weight is 211 g/mol. The number of aromatic nitrogens is 1. The van der Waals surface area contributed by atoms with Crippen LogP contribution < -0.4 is 4.74 Å². The lowest BCUT2D eigenvalue weighted by atomic mass is 10.1. The summed E-state index contributed by atoms with van der Waals surface area (Å²) in [6.45, 7) is 1.25. The summed E-state index contributed by atoms with van der Waals surface area (Å²) in [6.07, 6.45) is 3.43. The minimum atomic E-state index is -0.517. The van der Waals surface area contributed by atoms with Crippen molar-refractivity contribution in [2.75, 3.05) is 13.2 Å². The predicted octanol–water partition coefficient (Wildman–Crippen LogP) is 2.17. The Bertz CT molecular complexity index is 313. The van der Waals surface area contributed by atoms with Crippen molar-refractivity contribution < 1.29 is 13.9 Å². The first-order chi connectivity index (χ1) is 7.34. The highest BCUT2D eigenvalue weighted by Crippen LogP contribution is 2.14. The van der Waals surface area contributed by atoms with Crippen LogP contribution in [0.5, 0.6) is 5.88 Å². The number of hydrogen-bond acceptors (Lipinski definition) is 3. The molecule has 0 aromatic carbocycles. The third-order valence-corrected chi connectivity index (χ3v) is 2.38. The zero-order valence-corrected chi connectivity index (χ0v) is 8.49. The Kier molecular flexibility index (Phi) is 3.50. The van der Waals surface area contributed by atoms with Crippen LogP contribution in [-0.2, 0) is 4.74 Å². The lowest BCUT2D eigenvalue weighted by Gasteiger charge is -2.22. The first kappa shape index (κ1) is 10.4. The van der Waals surface area contributed by atoms with Crippen molar-refractivity contribution in [3.8, 4) is 5.88 Å². The van der Waals surface area contributed by atoms with E-state index in [9.17, 15) is 4.39 Å². The Labute approximate surface area is 88.2 Å². The molecule has 1 saturated heterocycles. The second-order valence-corrected chi connectivity index (χ2v) is 3.60. The van der Waals surface area contributed by atoms with Crippen molar-refractivity contribution in [3.05, 3.63) is 24.1 Å². The molecule has 1 aliphatic rings. The quantitative estimate of drug-likeness (QED) is 0.718. The van der Waals surface area contributed by atoms with Crippen LogP contribution in [0.3, 0.4) is 0 Å². The minimum absolute atomic E-state index is 0.129. The van der Waals surface area contributed by atoms with Gasteiger partial charge in [-0.15, -0.1) is 0 Å². The number of ether oxygens (including phenoxy) is 2. The maximum Gasteiger partial charge on any atom is 0.216 e. The van der Waals surface area contributed by atoms with E-state index in [-0.39, 0.29) is 6.10 Å². The molecule has 3 nitrogen and oxygen atoms in total. The molecule has 4 heteroatoms. The van der Waals surface area contributed by atoms with Crippen molar-refractivity contribution >= 4 is 0 Å². The Hall–Kier alpha value is -1.16. The van der Waals surface area contributed by atoms with E-state index in [0.29, 0.717) is 12.5 Å². The highest BCUT2D eigenvalue weighted by molar-refractivity contribution is 5.10. The summed E-state index contributed by atoms with van der Waals surface area (Å²) in [5.41, 5.74) is 0. The van der Waals surface area contributed by atoms with E-state index < -0.39 is 5.95 Å². The third kappa shape index (κ3) is 3.16. The van der Waals surface area contributed by atoms with E-state index in [4.69, 9.17) is 9.47 Å². The first-order valence-corrected chi connectivity index (χ1v) is 5.21. The maximum atomic E-state index is 12.7. The van der Waals surface area contributed by atoms with Crippen LogP contribution in [0.1, 0.15) is 19.3 Å². The number of rotatable bonds is 3. The number of pyridine rings is 1. The molecule has 1 atom stereocenters. The molecule has 0 saturated carbocycles. The summed E-state index contributed by atoms with van der Waals surface area (Å²) in [5.74, 6) is -0.193. The fourth-order valence-corrected chi connectivity index (χ4v) is 1.59. The van der Waals surface area contributed by atoms with Crippen molar-refractivity contribution in [1.82, 2.24) is 4.98 Å². The molecule has 1 aromatic heterocycles. The zero-order valence-electron chi connectivity index (χ0n) is 8.49. The largest absolute Gasteiger partial charge is 0.475 e. The van der Waals surface area contributed by atoms with Gasteiger partial charge in [0.15, 0.2) is 0 Å². The second kappa shape index (κ2) is 5.07. The number of hydrogen-bond donors (Lipinski definition) is 0. The van der Waals surface area contributed by atoms with Crippen LogP contribution >= 0.6 is 0 Å². The molecule has 2 rings (SSSR count). The van der Waals surface area contributed by atoms with Gasteiger partial charge in [0.25, 0.3) is 0 Å². The monoisotopic (exact) mass is 211 g/mol. The normalized spacial score (nSPS) is 21.3. The fourth-order valence-electron chi connectivity index (χ4n) is 1.59. The zero-order chi connectivity index (χ0) is 10.5. The Morgan fingerprint density at radius 1 is 1.47 bits per heavy atom. The summed E-state index contributed by atoms with van der Waals surface area (Å²) in [7, 11) is 0. The summed E-state index contributed by atoms with van der Waals surface area (Å²) in [4.78, 5) is 3.61. The van der Waals surface area contributed by atoms with Gasteiger partial charge in [-0.3, -0.25) is 0 Å². The first-order valence-electron chi connectivity index (χ1n) is 5.21. The van der Waals surface area contributed by atoms with Gasteiger partial charge in [0.05, 0.1) is 6.10 Å². The molecule has 2 heterocycles. The molecule has 1 aromatic rings. The molecular weight excluding hydrogens is 197 g/mol. The Morgan fingerprint density at radius 2 is 2.40 bits per heavy atom. The van der Waals surface area contributed by atoms with E-state index in [1.807, 2.05) is 0 Å². The molecule has 0 radical (unpaired) electrons. The van der Waals surface area contributed by atoms with E-state index in [2.05, 4.69) is 4.98 Å². The van der Waals surface area contributed by atoms with Crippen LogP contribution in [0, 0.1) is 5.95 Å². The van der Waals surface area contributed by atoms with Gasteiger partial charge in [-0.2, -0.15) is 9.37 Å². The van der Waals surface area contributed by atoms with Crippen LogP contribution in [0.4, 0.5) is 4.39 Å². The summed E-state index contributed by atoms with van der Waals surface area (Å²) in [5, 5.41) is 0. The molecule has 15 heavy (non-hydrogen) atoms. The second-order valence-electron chi connectivity index (χ2n) is 3.60. The molecule has 1 fully saturated rings. The van der Waals surface area contributed by atoms with E-state index >= 15 is 0 Å². The molecule has 0 N–H and O–H groups in total. The summed E-state index contributed by atoms with van der Waals surface area (Å²) < 4.78 is 23.5. The van der Waals surface area contributed by atoms with E-state index in [1.54, 1.807) is 12.1 Å². The highest BCUT2D eigenvalue weighted by atomic mass is 19.1. The van der Waals surface area contributed by atoms with Gasteiger partial charge in [0.1, 0.15) is 6.61 Å². The van der Waals surface area contributed by atoms with Gasteiger partial charge in [0, 0.05) is 12.7 Å². The van der Waals surface area contributed by atoms with Gasteiger partial charge in [0.2, 0.25) is 11.8 Å². The summed E-state index contributed by atoms with van der Waals surface area (Å²) in [6, 6.07) is 4.52. The van der Waals surface area contributed by atoms with Gasteiger partial charge >= 0.3 is 0 Å². The Morgan fingerprint density at radius 3 is 3.13 bits per heavy atom. The van der Waals surface area contributed by atoms with E-state index in [1.165, 1.54) is 12.5 Å². The topological polar surface area (TPSA) is 31.4 Å². The number of nitrogens with zero attached hydrogens (tertiary/aromatic N) is 1. The molecule has 0 aliphatic carbocycles. The van der Waals surface area contributed by atoms with Gasteiger partial charge in [-0.05, 0) is 25.3 Å². The maximum absolute atomic E-state index is 12.7. The van der Waals surface area contributed by atoms with E-state index in [0.717, 1.165) is 19.4 Å². The highest BCUT2D eigenvalue weighted by Gasteiger charge is 2.14. The van der Waals surface area contributed by atoms with Crippen molar-refractivity contribution in [3.63, 3.8) is 0 Å². The lowest BCUT2D eigenvalue weighted by molar-refractivity contribution is -0.0120. The third-order valence-electron chi connectivity index (χ3n) is 2.38. The molecule has 0 spiro atoms. The minimum Gasteiger partial charge on any atom is -0.475 e. The van der Waals surface area contributed by atoms with Crippen molar-refractivity contribution in [2.24, 2.45) is 0 Å².